The number of carbonyl (C=O) groups excluding carboxylic acids is 1. The molecule has 7 nitrogen and oxygen atoms in total. The normalized spacial score (nSPS) is 10.4. The molecule has 0 fully saturated rings. The standard InChI is InChI=1S/C18H19N5O2/c1-2-12-25-16-11-7-6-10-15(16)19-17(24)13-23-21-18(20-22-23)14-8-4-3-5-9-14/h3-11H,2,12-13H2,1H3,(H,19,24). The molecule has 2 aromatic carbocycles. The van der Waals surface area contributed by atoms with Crippen molar-refractivity contribution in [3.8, 4) is 17.1 Å². The van der Waals surface area contributed by atoms with Crippen LogP contribution in [0.1, 0.15) is 13.3 Å². The van der Waals surface area contributed by atoms with Gasteiger partial charge >= 0.3 is 0 Å². The molecule has 0 saturated carbocycles. The van der Waals surface area contributed by atoms with E-state index in [1.165, 1.54) is 4.80 Å². The van der Waals surface area contributed by atoms with Gasteiger partial charge < -0.3 is 10.1 Å². The molecular weight excluding hydrogens is 318 g/mol. The number of tetrazole rings is 1. The molecule has 0 saturated heterocycles. The first-order chi connectivity index (χ1) is 12.3. The van der Waals surface area contributed by atoms with Crippen molar-refractivity contribution in [3.63, 3.8) is 0 Å². The Labute approximate surface area is 145 Å². The van der Waals surface area contributed by atoms with E-state index in [9.17, 15) is 4.79 Å². The summed E-state index contributed by atoms with van der Waals surface area (Å²) in [5.41, 5.74) is 1.48. The second-order valence-corrected chi connectivity index (χ2v) is 5.40. The average molecular weight is 337 g/mol. The van der Waals surface area contributed by atoms with E-state index in [2.05, 4.69) is 20.7 Å². The number of nitrogens with one attached hydrogen (secondary N) is 1. The summed E-state index contributed by atoms with van der Waals surface area (Å²) in [5.74, 6) is 0.888. The van der Waals surface area contributed by atoms with E-state index in [0.717, 1.165) is 12.0 Å². The number of benzene rings is 2. The summed E-state index contributed by atoms with van der Waals surface area (Å²) in [7, 11) is 0. The lowest BCUT2D eigenvalue weighted by Crippen LogP contribution is -2.21. The number of amides is 1. The van der Waals surface area contributed by atoms with Crippen LogP contribution in [0.15, 0.2) is 54.6 Å². The molecule has 128 valence electrons. The van der Waals surface area contributed by atoms with Gasteiger partial charge in [0.2, 0.25) is 11.7 Å². The van der Waals surface area contributed by atoms with Crippen LogP contribution in [-0.2, 0) is 11.3 Å². The number of hydrogen-bond donors (Lipinski definition) is 1. The molecule has 0 atom stereocenters. The van der Waals surface area contributed by atoms with Crippen LogP contribution in [0, 0.1) is 0 Å². The zero-order chi connectivity index (χ0) is 17.5. The summed E-state index contributed by atoms with van der Waals surface area (Å²) in [6.07, 6.45) is 0.896. The second-order valence-electron chi connectivity index (χ2n) is 5.40. The molecule has 1 heterocycles. The molecule has 1 N–H and O–H groups in total. The second kappa shape index (κ2) is 8.05. The number of carbonyl (C=O) groups is 1. The molecule has 0 radical (unpaired) electrons. The topological polar surface area (TPSA) is 81.9 Å². The first-order valence-electron chi connectivity index (χ1n) is 8.11. The molecule has 0 aliphatic carbocycles. The molecule has 25 heavy (non-hydrogen) atoms. The van der Waals surface area contributed by atoms with Gasteiger partial charge in [-0.05, 0) is 23.8 Å². The lowest BCUT2D eigenvalue weighted by Gasteiger charge is -2.11. The van der Waals surface area contributed by atoms with E-state index in [0.29, 0.717) is 23.9 Å². The molecule has 7 heteroatoms. The lowest BCUT2D eigenvalue weighted by molar-refractivity contribution is -0.117. The zero-order valence-corrected chi connectivity index (χ0v) is 13.9. The predicted molar refractivity (Wildman–Crippen MR) is 94.1 cm³/mol. The largest absolute Gasteiger partial charge is 0.491 e. The Kier molecular flexibility index (Phi) is 5.36. The Morgan fingerprint density at radius 1 is 1.12 bits per heavy atom. The third kappa shape index (κ3) is 4.41. The minimum Gasteiger partial charge on any atom is -0.491 e. The Hall–Kier alpha value is -3.22. The zero-order valence-electron chi connectivity index (χ0n) is 13.9. The predicted octanol–water partition coefficient (Wildman–Crippen LogP) is 2.77. The van der Waals surface area contributed by atoms with Gasteiger partial charge in [0, 0.05) is 5.56 Å². The van der Waals surface area contributed by atoms with E-state index < -0.39 is 0 Å². The van der Waals surface area contributed by atoms with Crippen LogP contribution in [0.25, 0.3) is 11.4 Å². The highest BCUT2D eigenvalue weighted by Crippen LogP contribution is 2.23. The first-order valence-corrected chi connectivity index (χ1v) is 8.11. The maximum absolute atomic E-state index is 12.3. The highest BCUT2D eigenvalue weighted by Gasteiger charge is 2.11. The average Bonchev–Trinajstić information content (AvgIpc) is 3.10. The van der Waals surface area contributed by atoms with Gasteiger partial charge in [0.1, 0.15) is 12.3 Å². The molecule has 3 aromatic rings. The maximum Gasteiger partial charge on any atom is 0.248 e. The van der Waals surface area contributed by atoms with Crippen LogP contribution in [-0.4, -0.2) is 32.7 Å². The molecule has 1 aromatic heterocycles. The number of aromatic nitrogens is 4. The van der Waals surface area contributed by atoms with Gasteiger partial charge in [-0.2, -0.15) is 4.80 Å². The number of anilines is 1. The van der Waals surface area contributed by atoms with E-state index in [-0.39, 0.29) is 12.5 Å². The number of hydrogen-bond acceptors (Lipinski definition) is 5. The van der Waals surface area contributed by atoms with Crippen LogP contribution in [0.5, 0.6) is 5.75 Å². The summed E-state index contributed by atoms with van der Waals surface area (Å²) in [6.45, 7) is 2.60. The Morgan fingerprint density at radius 3 is 2.68 bits per heavy atom. The lowest BCUT2D eigenvalue weighted by atomic mass is 10.2. The highest BCUT2D eigenvalue weighted by molar-refractivity contribution is 5.92. The van der Waals surface area contributed by atoms with E-state index in [1.54, 1.807) is 6.07 Å². The van der Waals surface area contributed by atoms with Crippen LogP contribution in [0.3, 0.4) is 0 Å². The van der Waals surface area contributed by atoms with Crippen molar-refractivity contribution in [2.24, 2.45) is 0 Å². The van der Waals surface area contributed by atoms with E-state index >= 15 is 0 Å². The van der Waals surface area contributed by atoms with Crippen LogP contribution >= 0.6 is 0 Å². The minimum atomic E-state index is -0.246. The van der Waals surface area contributed by atoms with E-state index in [4.69, 9.17) is 4.74 Å². The molecule has 0 unspecified atom stereocenters. The quantitative estimate of drug-likeness (QED) is 0.717. The van der Waals surface area contributed by atoms with Crippen molar-refractivity contribution in [1.29, 1.82) is 0 Å². The van der Waals surface area contributed by atoms with Crippen LogP contribution < -0.4 is 10.1 Å². The highest BCUT2D eigenvalue weighted by atomic mass is 16.5. The number of rotatable bonds is 7. The van der Waals surface area contributed by atoms with Crippen molar-refractivity contribution in [1.82, 2.24) is 20.2 Å². The maximum atomic E-state index is 12.3. The summed E-state index contributed by atoms with van der Waals surface area (Å²) in [4.78, 5) is 13.5. The number of para-hydroxylation sites is 2. The minimum absolute atomic E-state index is 0.0258. The van der Waals surface area contributed by atoms with Gasteiger partial charge in [-0.1, -0.05) is 49.4 Å². The summed E-state index contributed by atoms with van der Waals surface area (Å²) < 4.78 is 5.63. The third-order valence-electron chi connectivity index (χ3n) is 3.39. The molecule has 0 spiro atoms. The van der Waals surface area contributed by atoms with Crippen molar-refractivity contribution in [2.45, 2.75) is 19.9 Å². The van der Waals surface area contributed by atoms with Crippen molar-refractivity contribution in [3.05, 3.63) is 54.6 Å². The summed E-state index contributed by atoms with van der Waals surface area (Å²) >= 11 is 0. The van der Waals surface area contributed by atoms with Crippen molar-refractivity contribution >= 4 is 11.6 Å². The Bertz CT molecular complexity index is 832. The fourth-order valence-corrected chi connectivity index (χ4v) is 2.24. The molecule has 3 rings (SSSR count). The van der Waals surface area contributed by atoms with Gasteiger partial charge in [0.05, 0.1) is 12.3 Å². The summed E-state index contributed by atoms with van der Waals surface area (Å²) in [6, 6.07) is 16.8. The van der Waals surface area contributed by atoms with Gasteiger partial charge in [-0.3, -0.25) is 4.79 Å². The fraction of sp³-hybridized carbons (Fsp3) is 0.222. The Morgan fingerprint density at radius 2 is 1.88 bits per heavy atom. The molecule has 0 aliphatic rings. The van der Waals surface area contributed by atoms with Crippen molar-refractivity contribution < 1.29 is 9.53 Å². The van der Waals surface area contributed by atoms with Gasteiger partial charge in [0.25, 0.3) is 0 Å². The van der Waals surface area contributed by atoms with Gasteiger partial charge in [0.15, 0.2) is 0 Å². The summed E-state index contributed by atoms with van der Waals surface area (Å²) in [5, 5.41) is 15.0. The van der Waals surface area contributed by atoms with Crippen molar-refractivity contribution in [2.75, 3.05) is 11.9 Å². The molecule has 0 bridgehead atoms. The first kappa shape index (κ1) is 16.6. The smallest absolute Gasteiger partial charge is 0.248 e. The van der Waals surface area contributed by atoms with Gasteiger partial charge in [-0.25, -0.2) is 0 Å². The van der Waals surface area contributed by atoms with Gasteiger partial charge in [-0.15, -0.1) is 10.2 Å². The van der Waals surface area contributed by atoms with Crippen LogP contribution in [0.4, 0.5) is 5.69 Å². The third-order valence-corrected chi connectivity index (χ3v) is 3.39. The monoisotopic (exact) mass is 337 g/mol. The van der Waals surface area contributed by atoms with Crippen LogP contribution in [0.2, 0.25) is 0 Å². The Balaban J connectivity index is 1.65. The molecule has 1 amide bonds. The number of nitrogens with zero attached hydrogens (tertiary/aromatic N) is 4. The van der Waals surface area contributed by atoms with E-state index in [1.807, 2.05) is 55.5 Å². The SMILES string of the molecule is CCCOc1ccccc1NC(=O)Cn1nnc(-c2ccccc2)n1. The number of ether oxygens (including phenoxy) is 1. The molecule has 0 aliphatic heterocycles. The fourth-order valence-electron chi connectivity index (χ4n) is 2.24. The molecular formula is C18H19N5O2.